The number of imidazole rings is 1. The number of fused-ring (bicyclic) bond motifs is 1. The van der Waals surface area contributed by atoms with Crippen molar-refractivity contribution in [3.63, 3.8) is 0 Å². The van der Waals surface area contributed by atoms with E-state index in [9.17, 15) is 9.59 Å². The Hall–Kier alpha value is -3.17. The van der Waals surface area contributed by atoms with Crippen molar-refractivity contribution in [2.24, 2.45) is 7.05 Å². The second kappa shape index (κ2) is 9.97. The van der Waals surface area contributed by atoms with E-state index in [1.807, 2.05) is 54.5 Å². The van der Waals surface area contributed by atoms with Crippen LogP contribution in [0.3, 0.4) is 0 Å². The van der Waals surface area contributed by atoms with Gasteiger partial charge in [-0.3, -0.25) is 14.6 Å². The number of hydrogen-bond acceptors (Lipinski definition) is 6. The highest BCUT2D eigenvalue weighted by molar-refractivity contribution is 5.87. The molecule has 1 atom stereocenters. The van der Waals surface area contributed by atoms with Gasteiger partial charge in [-0.05, 0) is 11.6 Å². The minimum atomic E-state index is -0.726. The van der Waals surface area contributed by atoms with Gasteiger partial charge in [-0.15, -0.1) is 0 Å². The molecule has 0 bridgehead atoms. The second-order valence-corrected chi connectivity index (χ2v) is 8.21. The Labute approximate surface area is 187 Å². The molecule has 0 radical (unpaired) electrons. The molecule has 3 aromatic rings. The van der Waals surface area contributed by atoms with Gasteiger partial charge in [-0.1, -0.05) is 18.2 Å². The molecule has 0 aliphatic carbocycles. The molecule has 170 valence electrons. The van der Waals surface area contributed by atoms with E-state index < -0.39 is 12.0 Å². The number of carbonyl (C=O) groups excluding carboxylic acids is 2. The number of carbonyl (C=O) groups is 2. The van der Waals surface area contributed by atoms with Crippen LogP contribution in [0.4, 0.5) is 0 Å². The molecule has 0 saturated carbocycles. The number of methoxy groups -OCH3 is 1. The number of nitrogens with zero attached hydrogens (tertiary/aromatic N) is 4. The van der Waals surface area contributed by atoms with Gasteiger partial charge in [0, 0.05) is 69.1 Å². The fourth-order valence-corrected chi connectivity index (χ4v) is 4.15. The first-order chi connectivity index (χ1) is 15.5. The van der Waals surface area contributed by atoms with Crippen LogP contribution in [0.2, 0.25) is 0 Å². The third-order valence-corrected chi connectivity index (χ3v) is 6.04. The molecule has 1 aliphatic heterocycles. The lowest BCUT2D eigenvalue weighted by Gasteiger charge is -2.34. The molecule has 1 aromatic carbocycles. The van der Waals surface area contributed by atoms with Crippen LogP contribution in [-0.4, -0.2) is 82.1 Å². The summed E-state index contributed by atoms with van der Waals surface area (Å²) in [6.07, 6.45) is 6.02. The average molecular weight is 439 g/mol. The number of aryl methyl sites for hydroxylation is 1. The molecule has 1 amide bonds. The first kappa shape index (κ1) is 22.0. The Kier molecular flexibility index (Phi) is 6.87. The number of aromatic amines is 1. The van der Waals surface area contributed by atoms with Crippen molar-refractivity contribution in [3.05, 3.63) is 54.2 Å². The smallest absolute Gasteiger partial charge is 0.328 e. The monoisotopic (exact) mass is 438 g/mol. The third-order valence-electron chi connectivity index (χ3n) is 6.04. The normalized spacial score (nSPS) is 16.2. The molecule has 32 heavy (non-hydrogen) atoms. The predicted molar refractivity (Wildman–Crippen MR) is 121 cm³/mol. The van der Waals surface area contributed by atoms with E-state index in [1.54, 1.807) is 0 Å². The first-order valence-electron chi connectivity index (χ1n) is 10.9. The van der Waals surface area contributed by atoms with Crippen LogP contribution in [0, 0.1) is 0 Å². The minimum Gasteiger partial charge on any atom is -0.467 e. The summed E-state index contributed by atoms with van der Waals surface area (Å²) in [7, 11) is 3.34. The number of H-pyrrole nitrogens is 1. The van der Waals surface area contributed by atoms with E-state index in [-0.39, 0.29) is 12.5 Å². The van der Waals surface area contributed by atoms with Crippen LogP contribution in [-0.2, 0) is 34.3 Å². The van der Waals surface area contributed by atoms with Crippen molar-refractivity contribution in [2.75, 3.05) is 39.8 Å². The molecule has 2 N–H and O–H groups in total. The lowest BCUT2D eigenvalue weighted by Crippen LogP contribution is -2.51. The van der Waals surface area contributed by atoms with Gasteiger partial charge < -0.3 is 19.6 Å². The third kappa shape index (κ3) is 5.17. The quantitative estimate of drug-likeness (QED) is 0.508. The summed E-state index contributed by atoms with van der Waals surface area (Å²) in [6, 6.07) is 7.17. The van der Waals surface area contributed by atoms with Gasteiger partial charge in [0.1, 0.15) is 11.9 Å². The number of hydrogen-bond donors (Lipinski definition) is 2. The maximum absolute atomic E-state index is 12.7. The summed E-state index contributed by atoms with van der Waals surface area (Å²) >= 11 is 0. The van der Waals surface area contributed by atoms with Crippen LogP contribution < -0.4 is 5.32 Å². The summed E-state index contributed by atoms with van der Waals surface area (Å²) in [6.45, 7) is 4.40. The maximum Gasteiger partial charge on any atom is 0.328 e. The average Bonchev–Trinajstić information content (AvgIpc) is 3.40. The zero-order chi connectivity index (χ0) is 22.5. The van der Waals surface area contributed by atoms with Crippen molar-refractivity contribution >= 4 is 22.8 Å². The van der Waals surface area contributed by atoms with E-state index in [1.165, 1.54) is 7.11 Å². The fraction of sp³-hybridized carbons (Fsp3) is 0.435. The van der Waals surface area contributed by atoms with Gasteiger partial charge in [0.2, 0.25) is 5.91 Å². The van der Waals surface area contributed by atoms with Crippen LogP contribution in [0.25, 0.3) is 10.9 Å². The number of para-hydroxylation sites is 1. The van der Waals surface area contributed by atoms with Crippen LogP contribution in [0.1, 0.15) is 11.4 Å². The molecular formula is C23H30N6O3. The SMILES string of the molecule is COC(=O)C(Cc1c[nH]c2ccccc12)NC(=O)CN1CCN(Cc2nccn2C)CC1. The fourth-order valence-electron chi connectivity index (χ4n) is 4.15. The molecule has 2 aromatic heterocycles. The number of benzene rings is 1. The minimum absolute atomic E-state index is 0.169. The molecule has 4 rings (SSSR count). The lowest BCUT2D eigenvalue weighted by molar-refractivity contribution is -0.145. The number of esters is 1. The van der Waals surface area contributed by atoms with E-state index in [0.717, 1.165) is 55.0 Å². The summed E-state index contributed by atoms with van der Waals surface area (Å²) in [4.78, 5) is 37.1. The molecule has 9 nitrogen and oxygen atoms in total. The molecule has 0 spiro atoms. The number of nitrogens with one attached hydrogen (secondary N) is 2. The van der Waals surface area contributed by atoms with E-state index in [0.29, 0.717) is 6.42 Å². The van der Waals surface area contributed by atoms with Crippen molar-refractivity contribution < 1.29 is 14.3 Å². The van der Waals surface area contributed by atoms with Crippen LogP contribution in [0.5, 0.6) is 0 Å². The van der Waals surface area contributed by atoms with Crippen molar-refractivity contribution in [3.8, 4) is 0 Å². The molecular weight excluding hydrogens is 408 g/mol. The van der Waals surface area contributed by atoms with Crippen molar-refractivity contribution in [1.29, 1.82) is 0 Å². The van der Waals surface area contributed by atoms with Gasteiger partial charge in [0.15, 0.2) is 0 Å². The van der Waals surface area contributed by atoms with Crippen molar-refractivity contribution in [1.82, 2.24) is 29.7 Å². The van der Waals surface area contributed by atoms with Gasteiger partial charge in [0.05, 0.1) is 20.2 Å². The van der Waals surface area contributed by atoms with E-state index in [4.69, 9.17) is 4.74 Å². The molecule has 9 heteroatoms. The molecule has 1 fully saturated rings. The molecule has 1 saturated heterocycles. The van der Waals surface area contributed by atoms with Gasteiger partial charge in [0.25, 0.3) is 0 Å². The standard InChI is InChI=1S/C23H30N6O3/c1-27-8-7-24-21(27)15-28-9-11-29(12-10-28)16-22(30)26-20(23(31)32-2)13-17-14-25-19-6-4-3-5-18(17)19/h3-8,14,20,25H,9-13,15-16H2,1-2H3,(H,26,30). The molecule has 3 heterocycles. The number of ether oxygens (including phenoxy) is 1. The Balaban J connectivity index is 1.30. The van der Waals surface area contributed by atoms with Gasteiger partial charge in [-0.2, -0.15) is 0 Å². The van der Waals surface area contributed by atoms with Crippen LogP contribution in [0.15, 0.2) is 42.9 Å². The number of piperazine rings is 1. The van der Waals surface area contributed by atoms with E-state index >= 15 is 0 Å². The Morgan fingerprint density at radius 1 is 1.19 bits per heavy atom. The number of amides is 1. The second-order valence-electron chi connectivity index (χ2n) is 8.21. The zero-order valence-corrected chi connectivity index (χ0v) is 18.6. The summed E-state index contributed by atoms with van der Waals surface area (Å²) < 4.78 is 6.97. The molecule has 1 aliphatic rings. The lowest BCUT2D eigenvalue weighted by atomic mass is 10.0. The number of rotatable bonds is 8. The maximum atomic E-state index is 12.7. The zero-order valence-electron chi connectivity index (χ0n) is 18.6. The van der Waals surface area contributed by atoms with Crippen molar-refractivity contribution in [2.45, 2.75) is 19.0 Å². The Morgan fingerprint density at radius 2 is 1.94 bits per heavy atom. The largest absolute Gasteiger partial charge is 0.467 e. The Morgan fingerprint density at radius 3 is 2.66 bits per heavy atom. The van der Waals surface area contributed by atoms with Crippen LogP contribution >= 0.6 is 0 Å². The van der Waals surface area contributed by atoms with E-state index in [2.05, 4.69) is 25.1 Å². The number of aromatic nitrogens is 3. The summed E-state index contributed by atoms with van der Waals surface area (Å²) in [5.74, 6) is 0.427. The summed E-state index contributed by atoms with van der Waals surface area (Å²) in [5.41, 5.74) is 1.97. The topological polar surface area (TPSA) is 95.5 Å². The highest BCUT2D eigenvalue weighted by Gasteiger charge is 2.25. The first-order valence-corrected chi connectivity index (χ1v) is 10.9. The Bertz CT molecular complexity index is 1070. The highest BCUT2D eigenvalue weighted by Crippen LogP contribution is 2.19. The van der Waals surface area contributed by atoms with Gasteiger partial charge in [-0.25, -0.2) is 9.78 Å². The molecule has 1 unspecified atom stereocenters. The highest BCUT2D eigenvalue weighted by atomic mass is 16.5. The predicted octanol–water partition coefficient (Wildman–Crippen LogP) is 0.920. The van der Waals surface area contributed by atoms with Gasteiger partial charge >= 0.3 is 5.97 Å². The summed E-state index contributed by atoms with van der Waals surface area (Å²) in [5, 5.41) is 3.92.